The van der Waals surface area contributed by atoms with Crippen LogP contribution in [0.1, 0.15) is 45.6 Å². The fraction of sp³-hybridized carbons (Fsp3) is 0.163. The van der Waals surface area contributed by atoms with Gasteiger partial charge in [0.25, 0.3) is 22.8 Å². The predicted octanol–water partition coefficient (Wildman–Crippen LogP) is 4.55. The first-order chi connectivity index (χ1) is 34.1. The van der Waals surface area contributed by atoms with Crippen LogP contribution in [0.15, 0.2) is 138 Å². The maximum absolute atomic E-state index is 14.5. The monoisotopic (exact) mass is 961 g/mol. The van der Waals surface area contributed by atoms with Gasteiger partial charge in [-0.25, -0.2) is 14.8 Å². The molecule has 0 unspecified atom stereocenters. The summed E-state index contributed by atoms with van der Waals surface area (Å²) < 4.78 is 0. The molecule has 22 nitrogen and oxygen atoms in total. The number of benzene rings is 4. The van der Waals surface area contributed by atoms with E-state index < -0.39 is 56.8 Å². The average molecular weight is 962 g/mol. The summed E-state index contributed by atoms with van der Waals surface area (Å²) in [4.78, 5) is 116. The van der Waals surface area contributed by atoms with Crippen LogP contribution in [0.5, 0.6) is 0 Å². The summed E-state index contributed by atoms with van der Waals surface area (Å²) >= 11 is 0. The summed E-state index contributed by atoms with van der Waals surface area (Å²) in [5.74, 6) is -3.52. The second kappa shape index (κ2) is 22.4. The molecule has 0 spiro atoms. The normalized spacial score (nSPS) is 14.5. The number of nitrogen functional groups attached to an aromatic ring is 1. The number of rotatable bonds is 19. The Balaban J connectivity index is 1.00. The summed E-state index contributed by atoms with van der Waals surface area (Å²) in [7, 11) is 0. The van der Waals surface area contributed by atoms with Crippen LogP contribution in [0, 0.1) is 20.2 Å². The third-order valence-electron chi connectivity index (χ3n) is 11.0. The molecule has 1 saturated heterocycles. The minimum absolute atomic E-state index is 0.0329. The number of H-pyrrole nitrogens is 1. The van der Waals surface area contributed by atoms with Crippen LogP contribution in [0.25, 0.3) is 23.3 Å². The number of fused-ring (bicyclic) bond motifs is 1. The fourth-order valence-corrected chi connectivity index (χ4v) is 7.38. The molecule has 4 aromatic carbocycles. The molecule has 6 aromatic rings. The molecular weight excluding hydrogens is 919 g/mol. The Hall–Kier alpha value is -9.73. The molecule has 1 fully saturated rings. The molecule has 71 heavy (non-hydrogen) atoms. The first-order valence-electron chi connectivity index (χ1n) is 21.7. The van der Waals surface area contributed by atoms with Crippen molar-refractivity contribution in [3.05, 3.63) is 191 Å². The lowest BCUT2D eigenvalue weighted by Crippen LogP contribution is -2.50. The van der Waals surface area contributed by atoms with Crippen LogP contribution in [-0.4, -0.2) is 94.3 Å². The van der Waals surface area contributed by atoms with Gasteiger partial charge in [-0.1, -0.05) is 30.3 Å². The topological polar surface area (TPSA) is 329 Å². The third kappa shape index (κ3) is 13.0. The van der Waals surface area contributed by atoms with E-state index >= 15 is 0 Å². The molecule has 2 atom stereocenters. The van der Waals surface area contributed by atoms with Crippen LogP contribution in [0.4, 0.5) is 23.0 Å². The van der Waals surface area contributed by atoms with Crippen molar-refractivity contribution < 1.29 is 38.9 Å². The molecule has 1 aliphatic rings. The number of likely N-dealkylation sites (tertiary alicyclic amines) is 1. The smallest absolute Gasteiger partial charge is 0.326 e. The van der Waals surface area contributed by atoms with Crippen molar-refractivity contribution in [2.45, 2.75) is 37.9 Å². The van der Waals surface area contributed by atoms with Gasteiger partial charge in [0, 0.05) is 78.8 Å². The van der Waals surface area contributed by atoms with Gasteiger partial charge in [0.05, 0.1) is 28.3 Å². The number of allylic oxidation sites excluding steroid dienone is 1. The molecule has 0 bridgehead atoms. The molecular formula is C49H43N11O11. The van der Waals surface area contributed by atoms with Gasteiger partial charge in [0.2, 0.25) is 11.9 Å². The number of aliphatic carboxylic acids is 1. The maximum atomic E-state index is 14.5. The standard InChI is InChI=1S/C49H43N11O11/c50-49-56-44-42(46(64)57-49)53-26-36(54-44)25-52-35-12-10-32(11-13-35)45(63)55-40(48(66)67)19-18-39(61)20-21-51-41(24-29-4-2-1-3-5-29)47(65)58-27-33(22-30-6-14-37(15-7-30)59(68)69)43(62)34(28-58)23-31-8-16-38(17-9-31)60(70)71/h1-17,20-23,26,40-41,51-52H,18-19,24-25,27-28H2,(H,55,63)(H,66,67)(H3,50,54,56,57,64)/b21-20-,33-22+,34-23+/t40-,41-/m1/s1. The highest BCUT2D eigenvalue weighted by Crippen LogP contribution is 2.25. The van der Waals surface area contributed by atoms with Crippen molar-refractivity contribution in [1.82, 2.24) is 35.5 Å². The number of nitro benzene ring substituents is 2. The highest BCUT2D eigenvalue weighted by molar-refractivity contribution is 6.15. The zero-order valence-corrected chi connectivity index (χ0v) is 37.4. The number of non-ortho nitro benzene ring substituents is 2. The minimum Gasteiger partial charge on any atom is -0.480 e. The second-order valence-electron chi connectivity index (χ2n) is 16.1. The molecule has 2 amide bonds. The predicted molar refractivity (Wildman–Crippen MR) is 259 cm³/mol. The second-order valence-corrected chi connectivity index (χ2v) is 16.1. The van der Waals surface area contributed by atoms with Crippen molar-refractivity contribution in [3.63, 3.8) is 0 Å². The van der Waals surface area contributed by atoms with E-state index in [4.69, 9.17) is 5.73 Å². The lowest BCUT2D eigenvalue weighted by molar-refractivity contribution is -0.385. The molecule has 0 aliphatic carbocycles. The van der Waals surface area contributed by atoms with Gasteiger partial charge >= 0.3 is 5.97 Å². The number of piperidine rings is 1. The Morgan fingerprint density at radius 2 is 1.42 bits per heavy atom. The molecule has 7 N–H and O–H groups in total. The number of anilines is 2. The van der Waals surface area contributed by atoms with Gasteiger partial charge < -0.3 is 31.7 Å². The lowest BCUT2D eigenvalue weighted by Gasteiger charge is -2.33. The highest BCUT2D eigenvalue weighted by atomic mass is 16.6. The van der Waals surface area contributed by atoms with Gasteiger partial charge in [0.15, 0.2) is 22.7 Å². The Bertz CT molecular complexity index is 3100. The Kier molecular flexibility index (Phi) is 15.5. The number of carbonyl (C=O) groups is 5. The summed E-state index contributed by atoms with van der Waals surface area (Å²) in [6.45, 7) is -0.107. The van der Waals surface area contributed by atoms with Crippen molar-refractivity contribution in [3.8, 4) is 0 Å². The number of nitrogens with zero attached hydrogens (tertiary/aromatic N) is 6. The Morgan fingerprint density at radius 3 is 2.00 bits per heavy atom. The largest absolute Gasteiger partial charge is 0.480 e. The number of nitrogens with two attached hydrogens (primary N) is 1. The van der Waals surface area contributed by atoms with E-state index in [-0.39, 0.29) is 84.1 Å². The number of hydrogen-bond acceptors (Lipinski definition) is 16. The van der Waals surface area contributed by atoms with E-state index in [1.807, 2.05) is 18.2 Å². The van der Waals surface area contributed by atoms with E-state index in [0.717, 1.165) is 11.6 Å². The molecule has 360 valence electrons. The zero-order valence-electron chi connectivity index (χ0n) is 37.4. The average Bonchev–Trinajstić information content (AvgIpc) is 3.35. The number of nitro groups is 2. The van der Waals surface area contributed by atoms with Crippen LogP contribution < -0.4 is 27.2 Å². The van der Waals surface area contributed by atoms with Crippen LogP contribution in [-0.2, 0) is 32.1 Å². The number of amides is 2. The molecule has 3 heterocycles. The van der Waals surface area contributed by atoms with Gasteiger partial charge in [0.1, 0.15) is 12.1 Å². The number of carboxylic acid groups (broad SMARTS) is 1. The van der Waals surface area contributed by atoms with Crippen LogP contribution in [0.3, 0.4) is 0 Å². The van der Waals surface area contributed by atoms with Crippen molar-refractivity contribution in [2.75, 3.05) is 24.1 Å². The number of aromatic nitrogens is 4. The first kappa shape index (κ1) is 49.2. The number of ketones is 2. The van der Waals surface area contributed by atoms with Crippen LogP contribution in [0.2, 0.25) is 0 Å². The van der Waals surface area contributed by atoms with Crippen molar-refractivity contribution in [2.24, 2.45) is 0 Å². The van der Waals surface area contributed by atoms with Crippen molar-refractivity contribution in [1.29, 1.82) is 0 Å². The summed E-state index contributed by atoms with van der Waals surface area (Å²) in [5, 5.41) is 41.0. The number of carbonyl (C=O) groups excluding carboxylic acids is 4. The summed E-state index contributed by atoms with van der Waals surface area (Å²) in [6, 6.07) is 23.8. The number of nitrogens with one attached hydrogen (secondary N) is 4. The van der Waals surface area contributed by atoms with Gasteiger partial charge in [-0.3, -0.25) is 49.2 Å². The third-order valence-corrected chi connectivity index (χ3v) is 11.0. The summed E-state index contributed by atoms with van der Waals surface area (Å²) in [5.41, 5.74) is 8.17. The lowest BCUT2D eigenvalue weighted by atomic mass is 9.93. The summed E-state index contributed by atoms with van der Waals surface area (Å²) in [6.07, 6.45) is 6.51. The van der Waals surface area contributed by atoms with Gasteiger partial charge in [-0.2, -0.15) is 4.98 Å². The van der Waals surface area contributed by atoms with Gasteiger partial charge in [-0.15, -0.1) is 0 Å². The molecule has 0 saturated carbocycles. The SMILES string of the molecule is Nc1nc2nc(CNc3ccc(C(=O)N[C@H](CCC(=O)/C=C\N[C@H](Cc4ccccc4)C(=O)N4C/C(=C\c5ccc([N+](=O)[O-])cc5)C(=O)/C(=C/c5ccc([N+](=O)[O-])cc5)C4)C(=O)O)cc3)cnc2c(=O)[nH]1. The van der Waals surface area contributed by atoms with E-state index in [1.54, 1.807) is 24.3 Å². The molecule has 7 rings (SSSR count). The van der Waals surface area contributed by atoms with Gasteiger partial charge in [-0.05, 0) is 89.9 Å². The van der Waals surface area contributed by atoms with Crippen LogP contribution >= 0.6 is 0 Å². The first-order valence-corrected chi connectivity index (χ1v) is 21.7. The molecule has 1 aliphatic heterocycles. The van der Waals surface area contributed by atoms with E-state index in [1.165, 1.54) is 90.1 Å². The van der Waals surface area contributed by atoms with E-state index in [9.17, 15) is 54.1 Å². The Labute approximate surface area is 402 Å². The highest BCUT2D eigenvalue weighted by Gasteiger charge is 2.33. The zero-order chi connectivity index (χ0) is 50.6. The number of carboxylic acids is 1. The molecule has 22 heteroatoms. The Morgan fingerprint density at radius 1 is 0.817 bits per heavy atom. The number of hydrogen-bond donors (Lipinski definition) is 6. The molecule has 0 radical (unpaired) electrons. The molecule has 2 aromatic heterocycles. The number of aromatic amines is 1. The number of Topliss-reactive ketones (excluding diaryl/α,β-unsaturated/α-hetero) is 1. The van der Waals surface area contributed by atoms with E-state index in [0.29, 0.717) is 22.5 Å². The van der Waals surface area contributed by atoms with Crippen molar-refractivity contribution >= 4 is 75.7 Å². The van der Waals surface area contributed by atoms with E-state index in [2.05, 4.69) is 35.9 Å². The minimum atomic E-state index is -1.43. The fourth-order valence-electron chi connectivity index (χ4n) is 7.38. The maximum Gasteiger partial charge on any atom is 0.326 e. The quantitative estimate of drug-likeness (QED) is 0.0368.